The topological polar surface area (TPSA) is 106 Å². The van der Waals surface area contributed by atoms with Gasteiger partial charge in [0.2, 0.25) is 11.0 Å². The number of anilines is 1. The zero-order valence-electron chi connectivity index (χ0n) is 14.5. The predicted molar refractivity (Wildman–Crippen MR) is 98.8 cm³/mol. The van der Waals surface area contributed by atoms with Gasteiger partial charge >= 0.3 is 0 Å². The molecule has 10 heteroatoms. The van der Waals surface area contributed by atoms with Crippen molar-refractivity contribution < 1.29 is 18.7 Å². The Morgan fingerprint density at radius 2 is 2.23 bits per heavy atom. The summed E-state index contributed by atoms with van der Waals surface area (Å²) < 4.78 is 11.4. The lowest BCUT2D eigenvalue weighted by Crippen LogP contribution is -2.32. The zero-order valence-corrected chi connectivity index (χ0v) is 16.2. The second kappa shape index (κ2) is 8.65. The predicted octanol–water partition coefficient (Wildman–Crippen LogP) is 2.39. The molecule has 26 heavy (non-hydrogen) atoms. The number of thioether (sulfide) groups is 1. The number of aryl methyl sites for hydroxylation is 2. The van der Waals surface area contributed by atoms with Gasteiger partial charge in [-0.3, -0.25) is 14.9 Å². The van der Waals surface area contributed by atoms with E-state index in [1.165, 1.54) is 23.1 Å². The second-order valence-corrected chi connectivity index (χ2v) is 8.08. The second-order valence-electron chi connectivity index (χ2n) is 5.88. The van der Waals surface area contributed by atoms with Gasteiger partial charge in [0.1, 0.15) is 11.5 Å². The first-order valence-corrected chi connectivity index (χ1v) is 10.0. The molecular weight excluding hydrogens is 376 g/mol. The molecule has 1 saturated heterocycles. The van der Waals surface area contributed by atoms with Crippen molar-refractivity contribution in [2.75, 3.05) is 24.2 Å². The maximum absolute atomic E-state index is 12.2. The van der Waals surface area contributed by atoms with Gasteiger partial charge in [0.15, 0.2) is 4.34 Å². The molecule has 2 amide bonds. The Labute approximate surface area is 159 Å². The highest BCUT2D eigenvalue weighted by molar-refractivity contribution is 8.01. The summed E-state index contributed by atoms with van der Waals surface area (Å²) in [6.45, 7) is 4.83. The number of carbonyl (C=O) groups is 2. The number of nitrogens with one attached hydrogen (secondary N) is 2. The first-order chi connectivity index (χ1) is 12.5. The number of aromatic nitrogens is 2. The van der Waals surface area contributed by atoms with Crippen molar-refractivity contribution in [3.63, 3.8) is 0 Å². The van der Waals surface area contributed by atoms with Crippen molar-refractivity contribution >= 4 is 40.0 Å². The molecule has 140 valence electrons. The van der Waals surface area contributed by atoms with E-state index in [9.17, 15) is 9.59 Å². The number of furan rings is 1. The molecule has 0 radical (unpaired) electrons. The number of nitrogens with zero attached hydrogens (tertiary/aromatic N) is 2. The molecule has 1 fully saturated rings. The van der Waals surface area contributed by atoms with Crippen LogP contribution in [0.1, 0.15) is 34.7 Å². The van der Waals surface area contributed by atoms with Crippen molar-refractivity contribution in [1.82, 2.24) is 15.5 Å². The van der Waals surface area contributed by atoms with E-state index in [2.05, 4.69) is 20.8 Å². The molecule has 2 N–H and O–H groups in total. The normalized spacial score (nSPS) is 16.6. The number of hydrogen-bond acceptors (Lipinski definition) is 8. The molecule has 0 aromatic carbocycles. The Balaban J connectivity index is 1.44. The molecular formula is C16H20N4O4S2. The molecule has 0 saturated carbocycles. The molecule has 1 aliphatic heterocycles. The van der Waals surface area contributed by atoms with Crippen molar-refractivity contribution in [3.05, 3.63) is 23.2 Å². The highest BCUT2D eigenvalue weighted by atomic mass is 32.2. The van der Waals surface area contributed by atoms with Crippen molar-refractivity contribution in [3.8, 4) is 0 Å². The quantitative estimate of drug-likeness (QED) is 0.547. The SMILES string of the molecule is Cc1cc(C(=O)Nc2nnc(SCC(=O)NCC3CCCO3)s2)c(C)o1. The van der Waals surface area contributed by atoms with Gasteiger partial charge in [0.25, 0.3) is 5.91 Å². The van der Waals surface area contributed by atoms with E-state index in [1.54, 1.807) is 19.9 Å². The van der Waals surface area contributed by atoms with Crippen LogP contribution in [-0.4, -0.2) is 47.0 Å². The van der Waals surface area contributed by atoms with E-state index in [0.29, 0.717) is 33.1 Å². The third-order valence-electron chi connectivity index (χ3n) is 3.79. The molecule has 0 aliphatic carbocycles. The molecule has 1 atom stereocenters. The fourth-order valence-corrected chi connectivity index (χ4v) is 4.13. The maximum Gasteiger partial charge on any atom is 0.261 e. The molecule has 3 heterocycles. The van der Waals surface area contributed by atoms with Crippen molar-refractivity contribution in [1.29, 1.82) is 0 Å². The lowest BCUT2D eigenvalue weighted by Gasteiger charge is -2.09. The molecule has 8 nitrogen and oxygen atoms in total. The Hall–Kier alpha value is -1.91. The summed E-state index contributed by atoms with van der Waals surface area (Å²) in [6, 6.07) is 1.68. The van der Waals surface area contributed by atoms with Crippen LogP contribution in [0.3, 0.4) is 0 Å². The fourth-order valence-electron chi connectivity index (χ4n) is 2.55. The number of amides is 2. The minimum Gasteiger partial charge on any atom is -0.466 e. The lowest BCUT2D eigenvalue weighted by atomic mass is 10.2. The van der Waals surface area contributed by atoms with E-state index in [4.69, 9.17) is 9.15 Å². The summed E-state index contributed by atoms with van der Waals surface area (Å²) in [7, 11) is 0. The van der Waals surface area contributed by atoms with Crippen LogP contribution in [0.15, 0.2) is 14.8 Å². The van der Waals surface area contributed by atoms with Gasteiger partial charge in [-0.25, -0.2) is 0 Å². The summed E-state index contributed by atoms with van der Waals surface area (Å²) in [4.78, 5) is 24.1. The molecule has 2 aromatic heterocycles. The minimum absolute atomic E-state index is 0.0733. The average molecular weight is 396 g/mol. The van der Waals surface area contributed by atoms with Gasteiger partial charge in [-0.1, -0.05) is 23.1 Å². The number of ether oxygens (including phenoxy) is 1. The smallest absolute Gasteiger partial charge is 0.261 e. The molecule has 0 bridgehead atoms. The van der Waals surface area contributed by atoms with Crippen LogP contribution in [0.25, 0.3) is 0 Å². The summed E-state index contributed by atoms with van der Waals surface area (Å²) in [6.07, 6.45) is 2.16. The zero-order chi connectivity index (χ0) is 18.5. The van der Waals surface area contributed by atoms with Gasteiger partial charge in [0, 0.05) is 13.2 Å². The Bertz CT molecular complexity index is 783. The molecule has 0 spiro atoms. The van der Waals surface area contributed by atoms with E-state index in [1.807, 2.05) is 0 Å². The van der Waals surface area contributed by atoms with Crippen LogP contribution in [0.4, 0.5) is 5.13 Å². The summed E-state index contributed by atoms with van der Waals surface area (Å²) in [5.41, 5.74) is 0.473. The van der Waals surface area contributed by atoms with Gasteiger partial charge in [-0.05, 0) is 32.8 Å². The van der Waals surface area contributed by atoms with Crippen LogP contribution in [0, 0.1) is 13.8 Å². The van der Waals surface area contributed by atoms with E-state index in [0.717, 1.165) is 19.4 Å². The maximum atomic E-state index is 12.2. The monoisotopic (exact) mass is 396 g/mol. The summed E-state index contributed by atoms with van der Waals surface area (Å²) in [5.74, 6) is 1.12. The van der Waals surface area contributed by atoms with Crippen LogP contribution < -0.4 is 10.6 Å². The van der Waals surface area contributed by atoms with Crippen molar-refractivity contribution in [2.24, 2.45) is 0 Å². The van der Waals surface area contributed by atoms with Gasteiger partial charge in [0.05, 0.1) is 17.4 Å². The Kier molecular flexibility index (Phi) is 6.28. The lowest BCUT2D eigenvalue weighted by molar-refractivity contribution is -0.119. The minimum atomic E-state index is -0.290. The van der Waals surface area contributed by atoms with Gasteiger partial charge in [-0.2, -0.15) is 0 Å². The standard InChI is InChI=1S/C16H20N4O4S2/c1-9-6-12(10(2)24-9)14(22)18-15-19-20-16(26-15)25-8-13(21)17-7-11-4-3-5-23-11/h6,11H,3-5,7-8H2,1-2H3,(H,17,21)(H,18,19,22). The number of hydrogen-bond donors (Lipinski definition) is 2. The highest BCUT2D eigenvalue weighted by Crippen LogP contribution is 2.26. The third-order valence-corrected chi connectivity index (χ3v) is 5.76. The highest BCUT2D eigenvalue weighted by Gasteiger charge is 2.18. The van der Waals surface area contributed by atoms with Gasteiger partial charge in [-0.15, -0.1) is 10.2 Å². The average Bonchev–Trinajstić information content (AvgIpc) is 3.33. The fraction of sp³-hybridized carbons (Fsp3) is 0.500. The molecule has 2 aromatic rings. The van der Waals surface area contributed by atoms with Crippen LogP contribution in [-0.2, 0) is 9.53 Å². The summed E-state index contributed by atoms with van der Waals surface area (Å²) in [5, 5.41) is 13.9. The van der Waals surface area contributed by atoms with Gasteiger partial charge < -0.3 is 14.5 Å². The first kappa shape index (κ1) is 18.9. The van der Waals surface area contributed by atoms with Crippen LogP contribution >= 0.6 is 23.1 Å². The van der Waals surface area contributed by atoms with Crippen LogP contribution in [0.5, 0.6) is 0 Å². The molecule has 1 aliphatic rings. The number of carbonyl (C=O) groups excluding carboxylic acids is 2. The van der Waals surface area contributed by atoms with E-state index < -0.39 is 0 Å². The van der Waals surface area contributed by atoms with E-state index in [-0.39, 0.29) is 23.7 Å². The largest absolute Gasteiger partial charge is 0.466 e. The number of rotatable bonds is 7. The Morgan fingerprint density at radius 1 is 1.38 bits per heavy atom. The van der Waals surface area contributed by atoms with Crippen LogP contribution in [0.2, 0.25) is 0 Å². The molecule has 1 unspecified atom stereocenters. The first-order valence-electron chi connectivity index (χ1n) is 8.24. The third kappa shape index (κ3) is 5.05. The summed E-state index contributed by atoms with van der Waals surface area (Å²) >= 11 is 2.51. The Morgan fingerprint density at radius 3 is 2.92 bits per heavy atom. The molecule has 3 rings (SSSR count). The van der Waals surface area contributed by atoms with E-state index >= 15 is 0 Å². The van der Waals surface area contributed by atoms with Crippen molar-refractivity contribution in [2.45, 2.75) is 37.1 Å².